The van der Waals surface area contributed by atoms with Crippen molar-refractivity contribution in [3.8, 4) is 0 Å². The molecule has 1 fully saturated rings. The summed E-state index contributed by atoms with van der Waals surface area (Å²) in [5.74, 6) is 0.913. The van der Waals surface area contributed by atoms with Crippen LogP contribution in [0.15, 0.2) is 18.3 Å². The Morgan fingerprint density at radius 3 is 2.61 bits per heavy atom. The molecule has 1 aliphatic rings. The largest absolute Gasteiger partial charge is 0.387 e. The van der Waals surface area contributed by atoms with Crippen LogP contribution in [0.5, 0.6) is 0 Å². The maximum atomic E-state index is 9.44. The van der Waals surface area contributed by atoms with Gasteiger partial charge in [0.1, 0.15) is 0 Å². The number of rotatable bonds is 4. The molecule has 1 atom stereocenters. The van der Waals surface area contributed by atoms with Gasteiger partial charge in [0, 0.05) is 13.1 Å². The fourth-order valence-electron chi connectivity index (χ4n) is 2.72. The average molecular weight is 248 g/mol. The molecule has 0 saturated carbocycles. The first-order valence-corrected chi connectivity index (χ1v) is 7.09. The van der Waals surface area contributed by atoms with Gasteiger partial charge in [-0.3, -0.25) is 4.98 Å². The maximum Gasteiger partial charge on any atom is 0.0931 e. The molecule has 1 saturated heterocycles. The van der Waals surface area contributed by atoms with Gasteiger partial charge in [0.25, 0.3) is 0 Å². The van der Waals surface area contributed by atoms with Crippen molar-refractivity contribution in [3.63, 3.8) is 0 Å². The summed E-state index contributed by atoms with van der Waals surface area (Å²) >= 11 is 0. The molecular weight excluding hydrogens is 224 g/mol. The Balaban J connectivity index is 1.93. The van der Waals surface area contributed by atoms with Gasteiger partial charge in [-0.2, -0.15) is 0 Å². The van der Waals surface area contributed by atoms with Crippen molar-refractivity contribution < 1.29 is 5.11 Å². The number of anilines is 1. The van der Waals surface area contributed by atoms with Crippen molar-refractivity contribution in [2.75, 3.05) is 18.0 Å². The topological polar surface area (TPSA) is 36.4 Å². The maximum absolute atomic E-state index is 9.44. The minimum atomic E-state index is -0.477. The van der Waals surface area contributed by atoms with Gasteiger partial charge in [-0.05, 0) is 37.8 Å². The van der Waals surface area contributed by atoms with Crippen LogP contribution in [0.25, 0.3) is 0 Å². The molecule has 100 valence electrons. The Morgan fingerprint density at radius 2 is 2.11 bits per heavy atom. The van der Waals surface area contributed by atoms with Crippen LogP contribution in [0.2, 0.25) is 0 Å². The summed E-state index contributed by atoms with van der Waals surface area (Å²) in [7, 11) is 0. The van der Waals surface area contributed by atoms with Crippen LogP contribution in [-0.4, -0.2) is 23.2 Å². The SMILES string of the molecule is CCCC1CCN(c2ccc(C(C)O)nc2)CC1. The quantitative estimate of drug-likeness (QED) is 0.889. The molecular formula is C15H24N2O. The summed E-state index contributed by atoms with van der Waals surface area (Å²) < 4.78 is 0. The molecule has 1 aromatic rings. The average Bonchev–Trinajstić information content (AvgIpc) is 2.40. The zero-order valence-corrected chi connectivity index (χ0v) is 11.5. The highest BCUT2D eigenvalue weighted by Gasteiger charge is 2.18. The minimum Gasteiger partial charge on any atom is -0.387 e. The standard InChI is InChI=1S/C15H24N2O/c1-3-4-13-7-9-17(10-8-13)14-5-6-15(12(2)18)16-11-14/h5-6,11-13,18H,3-4,7-10H2,1-2H3. The Morgan fingerprint density at radius 1 is 1.39 bits per heavy atom. The van der Waals surface area contributed by atoms with E-state index in [2.05, 4.69) is 22.9 Å². The van der Waals surface area contributed by atoms with Gasteiger partial charge in [0.05, 0.1) is 23.7 Å². The lowest BCUT2D eigenvalue weighted by atomic mass is 9.92. The van der Waals surface area contributed by atoms with Gasteiger partial charge >= 0.3 is 0 Å². The molecule has 0 amide bonds. The molecule has 1 unspecified atom stereocenters. The van der Waals surface area contributed by atoms with Crippen molar-refractivity contribution in [2.45, 2.75) is 45.6 Å². The lowest BCUT2D eigenvalue weighted by molar-refractivity contribution is 0.194. The predicted molar refractivity (Wildman–Crippen MR) is 74.7 cm³/mol. The van der Waals surface area contributed by atoms with Crippen LogP contribution < -0.4 is 4.90 Å². The number of pyridine rings is 1. The monoisotopic (exact) mass is 248 g/mol. The molecule has 18 heavy (non-hydrogen) atoms. The summed E-state index contributed by atoms with van der Waals surface area (Å²) in [5.41, 5.74) is 1.94. The van der Waals surface area contributed by atoms with E-state index in [4.69, 9.17) is 0 Å². The van der Waals surface area contributed by atoms with E-state index in [0.717, 1.165) is 24.7 Å². The van der Waals surface area contributed by atoms with Gasteiger partial charge in [0.2, 0.25) is 0 Å². The predicted octanol–water partition coefficient (Wildman–Crippen LogP) is 3.15. The van der Waals surface area contributed by atoms with Gasteiger partial charge in [-0.15, -0.1) is 0 Å². The summed E-state index contributed by atoms with van der Waals surface area (Å²) in [6.07, 6.45) is 6.68. The molecule has 0 spiro atoms. The molecule has 0 bridgehead atoms. The highest BCUT2D eigenvalue weighted by atomic mass is 16.3. The Hall–Kier alpha value is -1.09. The zero-order chi connectivity index (χ0) is 13.0. The second-order valence-corrected chi connectivity index (χ2v) is 5.34. The van der Waals surface area contributed by atoms with Crippen LogP contribution >= 0.6 is 0 Å². The number of hydrogen-bond donors (Lipinski definition) is 1. The fourth-order valence-corrected chi connectivity index (χ4v) is 2.72. The molecule has 1 aromatic heterocycles. The van der Waals surface area contributed by atoms with Crippen molar-refractivity contribution >= 4 is 5.69 Å². The van der Waals surface area contributed by atoms with Crippen molar-refractivity contribution in [1.29, 1.82) is 0 Å². The summed E-state index contributed by atoms with van der Waals surface area (Å²) in [6, 6.07) is 4.01. The Kier molecular flexibility index (Phi) is 4.59. The second-order valence-electron chi connectivity index (χ2n) is 5.34. The number of aromatic nitrogens is 1. The lowest BCUT2D eigenvalue weighted by Gasteiger charge is -2.33. The van der Waals surface area contributed by atoms with Crippen LogP contribution in [0, 0.1) is 5.92 Å². The van der Waals surface area contributed by atoms with Crippen LogP contribution in [0.4, 0.5) is 5.69 Å². The second kappa shape index (κ2) is 6.19. The summed E-state index contributed by atoms with van der Waals surface area (Å²) in [5, 5.41) is 9.44. The molecule has 3 nitrogen and oxygen atoms in total. The number of aliphatic hydroxyl groups excluding tert-OH is 1. The van der Waals surface area contributed by atoms with Crippen molar-refractivity contribution in [1.82, 2.24) is 4.98 Å². The number of nitrogens with zero attached hydrogens (tertiary/aromatic N) is 2. The zero-order valence-electron chi connectivity index (χ0n) is 11.5. The fraction of sp³-hybridized carbons (Fsp3) is 0.667. The van der Waals surface area contributed by atoms with Crippen LogP contribution in [0.1, 0.15) is 51.3 Å². The van der Waals surface area contributed by atoms with Crippen LogP contribution in [-0.2, 0) is 0 Å². The Labute approximate surface area is 110 Å². The smallest absolute Gasteiger partial charge is 0.0931 e. The lowest BCUT2D eigenvalue weighted by Crippen LogP contribution is -2.33. The van der Waals surface area contributed by atoms with E-state index in [9.17, 15) is 5.11 Å². The summed E-state index contributed by atoms with van der Waals surface area (Å²) in [4.78, 5) is 6.72. The molecule has 1 aliphatic heterocycles. The minimum absolute atomic E-state index is 0.477. The third-order valence-corrected chi connectivity index (χ3v) is 3.88. The van der Waals surface area contributed by atoms with E-state index >= 15 is 0 Å². The normalized spacial score (nSPS) is 18.9. The molecule has 0 aliphatic carbocycles. The molecule has 1 N–H and O–H groups in total. The third kappa shape index (κ3) is 3.22. The van der Waals surface area contributed by atoms with E-state index < -0.39 is 6.10 Å². The van der Waals surface area contributed by atoms with E-state index in [1.54, 1.807) is 6.92 Å². The summed E-state index contributed by atoms with van der Waals surface area (Å²) in [6.45, 7) is 6.30. The van der Waals surface area contributed by atoms with E-state index in [1.807, 2.05) is 12.3 Å². The highest BCUT2D eigenvalue weighted by molar-refractivity contribution is 5.45. The molecule has 0 aromatic carbocycles. The van der Waals surface area contributed by atoms with Gasteiger partial charge < -0.3 is 10.0 Å². The first-order chi connectivity index (χ1) is 8.70. The third-order valence-electron chi connectivity index (χ3n) is 3.88. The van der Waals surface area contributed by atoms with Crippen molar-refractivity contribution in [2.24, 2.45) is 5.92 Å². The molecule has 3 heteroatoms. The molecule has 0 radical (unpaired) electrons. The van der Waals surface area contributed by atoms with E-state index in [1.165, 1.54) is 31.4 Å². The molecule has 2 rings (SSSR count). The first-order valence-electron chi connectivity index (χ1n) is 7.09. The van der Waals surface area contributed by atoms with E-state index in [0.29, 0.717) is 0 Å². The van der Waals surface area contributed by atoms with E-state index in [-0.39, 0.29) is 0 Å². The Bertz CT molecular complexity index is 353. The first kappa shape index (κ1) is 13.3. The van der Waals surface area contributed by atoms with Gasteiger partial charge in [-0.1, -0.05) is 19.8 Å². The van der Waals surface area contributed by atoms with Gasteiger partial charge in [0.15, 0.2) is 0 Å². The van der Waals surface area contributed by atoms with Crippen molar-refractivity contribution in [3.05, 3.63) is 24.0 Å². The number of hydrogen-bond acceptors (Lipinski definition) is 3. The van der Waals surface area contributed by atoms with Gasteiger partial charge in [-0.25, -0.2) is 0 Å². The molecule has 2 heterocycles. The highest BCUT2D eigenvalue weighted by Crippen LogP contribution is 2.26. The van der Waals surface area contributed by atoms with Crippen LogP contribution in [0.3, 0.4) is 0 Å². The number of piperidine rings is 1. The number of aliphatic hydroxyl groups is 1.